The standard InChI is InChI=1S/C15H26ClN3O6/c1-19(13(21)5-2-3-6-14(22)23)9-4-10-25-15(24)18-8-7-17-12(20)11-16/h2-11H2,1H3,(H,17,20)(H,18,24)(H,22,23). The lowest BCUT2D eigenvalue weighted by atomic mass is 10.2. The summed E-state index contributed by atoms with van der Waals surface area (Å²) >= 11 is 5.30. The Labute approximate surface area is 152 Å². The van der Waals surface area contributed by atoms with E-state index in [0.717, 1.165) is 0 Å². The van der Waals surface area contributed by atoms with Crippen molar-refractivity contribution in [3.05, 3.63) is 0 Å². The molecule has 0 atom stereocenters. The zero-order chi connectivity index (χ0) is 19.1. The van der Waals surface area contributed by atoms with E-state index in [2.05, 4.69) is 10.6 Å². The van der Waals surface area contributed by atoms with E-state index in [1.54, 1.807) is 7.05 Å². The van der Waals surface area contributed by atoms with Crippen molar-refractivity contribution in [1.82, 2.24) is 15.5 Å². The second-order valence-electron chi connectivity index (χ2n) is 5.32. The monoisotopic (exact) mass is 379 g/mol. The molecule has 0 bridgehead atoms. The van der Waals surface area contributed by atoms with Crippen LogP contribution in [0.1, 0.15) is 32.1 Å². The summed E-state index contributed by atoms with van der Waals surface area (Å²) in [4.78, 5) is 45.9. The molecular weight excluding hydrogens is 354 g/mol. The first-order valence-corrected chi connectivity index (χ1v) is 8.59. The highest BCUT2D eigenvalue weighted by atomic mass is 35.5. The van der Waals surface area contributed by atoms with Crippen LogP contribution in [-0.4, -0.2) is 73.1 Å². The van der Waals surface area contributed by atoms with Crippen molar-refractivity contribution >= 4 is 35.5 Å². The smallest absolute Gasteiger partial charge is 0.407 e. The Balaban J connectivity index is 3.61. The normalized spacial score (nSPS) is 10.0. The molecule has 10 heteroatoms. The first kappa shape index (κ1) is 23.0. The fourth-order valence-corrected chi connectivity index (χ4v) is 1.89. The maximum absolute atomic E-state index is 11.8. The minimum absolute atomic E-state index is 0.0649. The van der Waals surface area contributed by atoms with Crippen molar-refractivity contribution in [2.75, 3.05) is 39.2 Å². The lowest BCUT2D eigenvalue weighted by Crippen LogP contribution is -2.35. The Morgan fingerprint density at radius 2 is 1.68 bits per heavy atom. The number of alkyl halides is 1. The first-order chi connectivity index (χ1) is 11.9. The second-order valence-corrected chi connectivity index (χ2v) is 5.58. The topological polar surface area (TPSA) is 125 Å². The molecule has 0 aliphatic heterocycles. The minimum atomic E-state index is -0.863. The van der Waals surface area contributed by atoms with Gasteiger partial charge in [0.15, 0.2) is 0 Å². The van der Waals surface area contributed by atoms with Crippen LogP contribution in [0.5, 0.6) is 0 Å². The van der Waals surface area contributed by atoms with Gasteiger partial charge in [-0.1, -0.05) is 0 Å². The summed E-state index contributed by atoms with van der Waals surface area (Å²) in [5.41, 5.74) is 0. The number of nitrogens with zero attached hydrogens (tertiary/aromatic N) is 1. The summed E-state index contributed by atoms with van der Waals surface area (Å²) in [6, 6.07) is 0. The SMILES string of the molecule is CN(CCCOC(=O)NCCNC(=O)CCl)C(=O)CCCCC(=O)O. The Kier molecular flexibility index (Phi) is 13.2. The number of carbonyl (C=O) groups is 4. The Bertz CT molecular complexity index is 447. The second kappa shape index (κ2) is 14.3. The number of ether oxygens (including phenoxy) is 1. The molecule has 9 nitrogen and oxygen atoms in total. The molecule has 0 saturated heterocycles. The summed E-state index contributed by atoms with van der Waals surface area (Å²) in [7, 11) is 1.65. The summed E-state index contributed by atoms with van der Waals surface area (Å²) in [5, 5.41) is 13.5. The zero-order valence-electron chi connectivity index (χ0n) is 14.4. The number of aliphatic carboxylic acids is 1. The number of carboxylic acid groups (broad SMARTS) is 1. The molecular formula is C15H26ClN3O6. The van der Waals surface area contributed by atoms with Gasteiger partial charge in [-0.3, -0.25) is 14.4 Å². The maximum Gasteiger partial charge on any atom is 0.407 e. The van der Waals surface area contributed by atoms with Crippen LogP contribution in [0.25, 0.3) is 0 Å². The molecule has 0 rings (SSSR count). The van der Waals surface area contributed by atoms with E-state index >= 15 is 0 Å². The molecule has 25 heavy (non-hydrogen) atoms. The number of nitrogens with one attached hydrogen (secondary N) is 2. The number of hydrogen-bond donors (Lipinski definition) is 3. The molecule has 0 aliphatic carbocycles. The Hall–Kier alpha value is -2.03. The van der Waals surface area contributed by atoms with E-state index in [1.807, 2.05) is 0 Å². The zero-order valence-corrected chi connectivity index (χ0v) is 15.1. The van der Waals surface area contributed by atoms with E-state index in [-0.39, 0.29) is 43.8 Å². The fourth-order valence-electron chi connectivity index (χ4n) is 1.80. The molecule has 0 radical (unpaired) electrons. The van der Waals surface area contributed by atoms with Crippen LogP contribution in [0, 0.1) is 0 Å². The van der Waals surface area contributed by atoms with Gasteiger partial charge in [-0.25, -0.2) is 4.79 Å². The molecule has 0 aromatic heterocycles. The van der Waals surface area contributed by atoms with Crippen LogP contribution in [0.15, 0.2) is 0 Å². The van der Waals surface area contributed by atoms with Gasteiger partial charge < -0.3 is 25.4 Å². The first-order valence-electron chi connectivity index (χ1n) is 8.05. The molecule has 0 unspecified atom stereocenters. The molecule has 0 aromatic carbocycles. The van der Waals surface area contributed by atoms with Crippen LogP contribution in [0.3, 0.4) is 0 Å². The number of amides is 3. The van der Waals surface area contributed by atoms with Gasteiger partial charge in [-0.05, 0) is 19.3 Å². The summed E-state index contributed by atoms with van der Waals surface area (Å²) in [6.45, 7) is 1.10. The number of hydrogen-bond acceptors (Lipinski definition) is 5. The highest BCUT2D eigenvalue weighted by Gasteiger charge is 2.09. The average molecular weight is 380 g/mol. The van der Waals surface area contributed by atoms with Gasteiger partial charge in [-0.2, -0.15) is 0 Å². The van der Waals surface area contributed by atoms with Crippen LogP contribution in [0.4, 0.5) is 4.79 Å². The van der Waals surface area contributed by atoms with Gasteiger partial charge in [-0.15, -0.1) is 11.6 Å². The largest absolute Gasteiger partial charge is 0.481 e. The van der Waals surface area contributed by atoms with Crippen molar-refractivity contribution in [2.45, 2.75) is 32.1 Å². The van der Waals surface area contributed by atoms with Crippen LogP contribution in [0.2, 0.25) is 0 Å². The molecule has 3 N–H and O–H groups in total. The van der Waals surface area contributed by atoms with Gasteiger partial charge in [0.05, 0.1) is 6.61 Å². The summed E-state index contributed by atoms with van der Waals surface area (Å²) < 4.78 is 4.94. The van der Waals surface area contributed by atoms with E-state index in [1.165, 1.54) is 4.90 Å². The van der Waals surface area contributed by atoms with Crippen molar-refractivity contribution in [2.24, 2.45) is 0 Å². The number of carboxylic acids is 1. The van der Waals surface area contributed by atoms with Gasteiger partial charge in [0.1, 0.15) is 5.88 Å². The van der Waals surface area contributed by atoms with Crippen molar-refractivity contribution in [1.29, 1.82) is 0 Å². The quantitative estimate of drug-likeness (QED) is 0.317. The third-order valence-corrected chi connectivity index (χ3v) is 3.41. The van der Waals surface area contributed by atoms with Crippen LogP contribution in [-0.2, 0) is 19.1 Å². The number of rotatable bonds is 13. The Morgan fingerprint density at radius 1 is 1.04 bits per heavy atom. The van der Waals surface area contributed by atoms with Crippen molar-refractivity contribution in [3.8, 4) is 0 Å². The predicted molar refractivity (Wildman–Crippen MR) is 91.4 cm³/mol. The molecule has 0 fully saturated rings. The minimum Gasteiger partial charge on any atom is -0.481 e. The molecule has 3 amide bonds. The number of alkyl carbamates (subject to hydrolysis) is 1. The lowest BCUT2D eigenvalue weighted by Gasteiger charge is -2.17. The summed E-state index contributed by atoms with van der Waals surface area (Å²) in [6.07, 6.45) is 1.28. The van der Waals surface area contributed by atoms with E-state index in [9.17, 15) is 19.2 Å². The van der Waals surface area contributed by atoms with Crippen molar-refractivity contribution in [3.63, 3.8) is 0 Å². The van der Waals surface area contributed by atoms with E-state index < -0.39 is 12.1 Å². The number of carbonyl (C=O) groups excluding carboxylic acids is 3. The average Bonchev–Trinajstić information content (AvgIpc) is 2.58. The maximum atomic E-state index is 11.8. The molecule has 144 valence electrons. The lowest BCUT2D eigenvalue weighted by molar-refractivity contribution is -0.137. The Morgan fingerprint density at radius 3 is 2.32 bits per heavy atom. The highest BCUT2D eigenvalue weighted by Crippen LogP contribution is 2.03. The number of unbranched alkanes of at least 4 members (excludes halogenated alkanes) is 1. The fraction of sp³-hybridized carbons (Fsp3) is 0.733. The molecule has 0 saturated carbocycles. The molecule has 0 aromatic rings. The van der Waals surface area contributed by atoms with Crippen LogP contribution >= 0.6 is 11.6 Å². The van der Waals surface area contributed by atoms with Crippen LogP contribution < -0.4 is 10.6 Å². The predicted octanol–water partition coefficient (Wildman–Crippen LogP) is 0.561. The molecule has 0 heterocycles. The van der Waals surface area contributed by atoms with E-state index in [4.69, 9.17) is 21.4 Å². The van der Waals surface area contributed by atoms with E-state index in [0.29, 0.717) is 32.2 Å². The number of halogens is 1. The highest BCUT2D eigenvalue weighted by molar-refractivity contribution is 6.27. The summed E-state index contributed by atoms with van der Waals surface area (Å²) in [5.74, 6) is -1.37. The van der Waals surface area contributed by atoms with Crippen molar-refractivity contribution < 1.29 is 29.0 Å². The van der Waals surface area contributed by atoms with Gasteiger partial charge >= 0.3 is 12.1 Å². The van der Waals surface area contributed by atoms with Gasteiger partial charge in [0, 0.05) is 39.5 Å². The molecule has 0 aliphatic rings. The molecule has 0 spiro atoms. The third kappa shape index (κ3) is 14.1. The van der Waals surface area contributed by atoms with Gasteiger partial charge in [0.25, 0.3) is 0 Å². The van der Waals surface area contributed by atoms with Gasteiger partial charge in [0.2, 0.25) is 11.8 Å². The third-order valence-electron chi connectivity index (χ3n) is 3.17.